The van der Waals surface area contributed by atoms with Gasteiger partial charge in [0.05, 0.1) is 12.6 Å². The van der Waals surface area contributed by atoms with E-state index in [1.54, 1.807) is 0 Å². The van der Waals surface area contributed by atoms with Crippen LogP contribution >= 0.6 is 0 Å². The first-order valence-corrected chi connectivity index (χ1v) is 9.41. The average Bonchev–Trinajstić information content (AvgIpc) is 3.02. The van der Waals surface area contributed by atoms with Gasteiger partial charge >= 0.3 is 0 Å². The lowest BCUT2D eigenvalue weighted by atomic mass is 10.0. The minimum Gasteiger partial charge on any atom is -0.492 e. The van der Waals surface area contributed by atoms with Crippen molar-refractivity contribution < 1.29 is 14.6 Å². The standard InChI is InChI=1S/C22H27NO3/c24-20(17-18-7-3-1-4-8-18)13-11-19-12-14-22(25)23(19)15-16-26-21-9-5-2-6-10-21/h1-10,19-20,24H,11-17H2. The minimum absolute atomic E-state index is 0.198. The molecule has 1 saturated heterocycles. The van der Waals surface area contributed by atoms with Crippen molar-refractivity contribution >= 4 is 5.91 Å². The van der Waals surface area contributed by atoms with Crippen LogP contribution in [-0.2, 0) is 11.2 Å². The molecule has 0 spiro atoms. The van der Waals surface area contributed by atoms with Crippen molar-refractivity contribution in [2.75, 3.05) is 13.2 Å². The molecule has 4 heteroatoms. The molecule has 0 bridgehead atoms. The molecule has 2 atom stereocenters. The lowest BCUT2D eigenvalue weighted by Crippen LogP contribution is -2.36. The van der Waals surface area contributed by atoms with Crippen LogP contribution in [0.2, 0.25) is 0 Å². The van der Waals surface area contributed by atoms with Gasteiger partial charge in [0.15, 0.2) is 0 Å². The number of ether oxygens (including phenoxy) is 1. The largest absolute Gasteiger partial charge is 0.492 e. The van der Waals surface area contributed by atoms with Crippen molar-refractivity contribution in [3.63, 3.8) is 0 Å². The first kappa shape index (κ1) is 18.5. The van der Waals surface area contributed by atoms with E-state index in [-0.39, 0.29) is 18.1 Å². The van der Waals surface area contributed by atoms with Crippen LogP contribution in [0, 0.1) is 0 Å². The number of aliphatic hydroxyl groups excluding tert-OH is 1. The highest BCUT2D eigenvalue weighted by Gasteiger charge is 2.30. The second-order valence-electron chi connectivity index (χ2n) is 6.86. The van der Waals surface area contributed by atoms with Crippen molar-refractivity contribution in [3.8, 4) is 5.75 Å². The Morgan fingerprint density at radius 3 is 2.50 bits per heavy atom. The zero-order valence-electron chi connectivity index (χ0n) is 15.1. The van der Waals surface area contributed by atoms with E-state index < -0.39 is 0 Å². The molecule has 0 saturated carbocycles. The topological polar surface area (TPSA) is 49.8 Å². The van der Waals surface area contributed by atoms with Gasteiger partial charge in [-0.3, -0.25) is 4.79 Å². The molecule has 138 valence electrons. The number of nitrogens with zero attached hydrogens (tertiary/aromatic N) is 1. The number of para-hydroxylation sites is 1. The third-order valence-corrected chi connectivity index (χ3v) is 4.94. The predicted octanol–water partition coefficient (Wildman–Crippen LogP) is 3.44. The van der Waals surface area contributed by atoms with E-state index in [1.165, 1.54) is 0 Å². The molecule has 2 aromatic carbocycles. The number of amides is 1. The molecule has 0 radical (unpaired) electrons. The summed E-state index contributed by atoms with van der Waals surface area (Å²) in [6.07, 6.45) is 3.33. The smallest absolute Gasteiger partial charge is 0.223 e. The molecule has 26 heavy (non-hydrogen) atoms. The van der Waals surface area contributed by atoms with Crippen LogP contribution in [0.25, 0.3) is 0 Å². The van der Waals surface area contributed by atoms with Crippen LogP contribution in [0.4, 0.5) is 0 Å². The highest BCUT2D eigenvalue weighted by atomic mass is 16.5. The van der Waals surface area contributed by atoms with Crippen molar-refractivity contribution in [1.29, 1.82) is 0 Å². The number of carbonyl (C=O) groups is 1. The Hall–Kier alpha value is -2.33. The zero-order chi connectivity index (χ0) is 18.2. The molecule has 3 rings (SSSR count). The second kappa shape index (κ2) is 9.39. The summed E-state index contributed by atoms with van der Waals surface area (Å²) < 4.78 is 5.73. The zero-order valence-corrected chi connectivity index (χ0v) is 15.1. The van der Waals surface area contributed by atoms with E-state index in [1.807, 2.05) is 65.6 Å². The fraction of sp³-hybridized carbons (Fsp3) is 0.409. The lowest BCUT2D eigenvalue weighted by Gasteiger charge is -2.25. The van der Waals surface area contributed by atoms with Crippen LogP contribution in [0.3, 0.4) is 0 Å². The van der Waals surface area contributed by atoms with Gasteiger partial charge in [-0.15, -0.1) is 0 Å². The Labute approximate surface area is 155 Å². The number of carbonyl (C=O) groups excluding carboxylic acids is 1. The Balaban J connectivity index is 1.43. The maximum Gasteiger partial charge on any atom is 0.223 e. The molecule has 1 amide bonds. The highest BCUT2D eigenvalue weighted by Crippen LogP contribution is 2.23. The Kier molecular flexibility index (Phi) is 6.67. The highest BCUT2D eigenvalue weighted by molar-refractivity contribution is 5.78. The molecule has 1 heterocycles. The van der Waals surface area contributed by atoms with Gasteiger partial charge < -0.3 is 14.7 Å². The number of rotatable bonds is 9. The third kappa shape index (κ3) is 5.33. The van der Waals surface area contributed by atoms with Crippen LogP contribution in [0.5, 0.6) is 5.75 Å². The Bertz CT molecular complexity index is 674. The van der Waals surface area contributed by atoms with E-state index in [0.29, 0.717) is 32.4 Å². The van der Waals surface area contributed by atoms with Crippen LogP contribution in [-0.4, -0.2) is 41.2 Å². The minimum atomic E-state index is -0.365. The molecule has 0 aromatic heterocycles. The van der Waals surface area contributed by atoms with Gasteiger partial charge in [0.2, 0.25) is 5.91 Å². The van der Waals surface area contributed by atoms with Gasteiger partial charge in [0.1, 0.15) is 12.4 Å². The third-order valence-electron chi connectivity index (χ3n) is 4.94. The molecule has 1 fully saturated rings. The summed E-state index contributed by atoms with van der Waals surface area (Å²) in [5, 5.41) is 10.3. The maximum absolute atomic E-state index is 12.2. The first-order chi connectivity index (χ1) is 12.7. The first-order valence-electron chi connectivity index (χ1n) is 9.41. The predicted molar refractivity (Wildman–Crippen MR) is 102 cm³/mol. The normalized spacial score (nSPS) is 18.1. The molecule has 1 N–H and O–H groups in total. The van der Waals surface area contributed by atoms with Crippen LogP contribution < -0.4 is 4.74 Å². The molecule has 2 unspecified atom stereocenters. The molecule has 0 aliphatic carbocycles. The van der Waals surface area contributed by atoms with Gasteiger partial charge in [0, 0.05) is 12.5 Å². The number of aliphatic hydroxyl groups is 1. The molecule has 4 nitrogen and oxygen atoms in total. The fourth-order valence-electron chi connectivity index (χ4n) is 3.55. The summed E-state index contributed by atoms with van der Waals surface area (Å²) in [4.78, 5) is 14.1. The second-order valence-corrected chi connectivity index (χ2v) is 6.86. The van der Waals surface area contributed by atoms with Crippen molar-refractivity contribution in [2.24, 2.45) is 0 Å². The number of benzene rings is 2. The van der Waals surface area contributed by atoms with Crippen molar-refractivity contribution in [1.82, 2.24) is 4.90 Å². The summed E-state index contributed by atoms with van der Waals surface area (Å²) in [5.41, 5.74) is 1.15. The van der Waals surface area contributed by atoms with E-state index in [9.17, 15) is 9.90 Å². The summed E-state index contributed by atoms with van der Waals surface area (Å²) in [6, 6.07) is 19.9. The molecular weight excluding hydrogens is 326 g/mol. The fourth-order valence-corrected chi connectivity index (χ4v) is 3.55. The van der Waals surface area contributed by atoms with Crippen LogP contribution in [0.15, 0.2) is 60.7 Å². The van der Waals surface area contributed by atoms with Gasteiger partial charge in [-0.25, -0.2) is 0 Å². The molecule has 1 aliphatic rings. The van der Waals surface area contributed by atoms with E-state index in [0.717, 1.165) is 24.2 Å². The SMILES string of the molecule is O=C1CCC(CCC(O)Cc2ccccc2)N1CCOc1ccccc1. The van der Waals surface area contributed by atoms with Gasteiger partial charge in [0.25, 0.3) is 0 Å². The van der Waals surface area contributed by atoms with Crippen LogP contribution in [0.1, 0.15) is 31.2 Å². The summed E-state index contributed by atoms with van der Waals surface area (Å²) >= 11 is 0. The van der Waals surface area contributed by atoms with E-state index in [2.05, 4.69) is 0 Å². The van der Waals surface area contributed by atoms with Gasteiger partial charge in [-0.05, 0) is 43.4 Å². The average molecular weight is 353 g/mol. The maximum atomic E-state index is 12.2. The molecular formula is C22H27NO3. The van der Waals surface area contributed by atoms with E-state index in [4.69, 9.17) is 4.74 Å². The van der Waals surface area contributed by atoms with E-state index >= 15 is 0 Å². The number of hydrogen-bond donors (Lipinski definition) is 1. The van der Waals surface area contributed by atoms with Crippen molar-refractivity contribution in [3.05, 3.63) is 66.2 Å². The summed E-state index contributed by atoms with van der Waals surface area (Å²) in [6.45, 7) is 1.10. The number of hydrogen-bond acceptors (Lipinski definition) is 3. The summed E-state index contributed by atoms with van der Waals surface area (Å²) in [7, 11) is 0. The lowest BCUT2D eigenvalue weighted by molar-refractivity contribution is -0.129. The number of likely N-dealkylation sites (tertiary alicyclic amines) is 1. The summed E-state index contributed by atoms with van der Waals surface area (Å²) in [5.74, 6) is 1.03. The van der Waals surface area contributed by atoms with Gasteiger partial charge in [-0.2, -0.15) is 0 Å². The van der Waals surface area contributed by atoms with Crippen molar-refractivity contribution in [2.45, 2.75) is 44.2 Å². The molecule has 2 aromatic rings. The Morgan fingerprint density at radius 1 is 1.08 bits per heavy atom. The quantitative estimate of drug-likeness (QED) is 0.751. The molecule has 1 aliphatic heterocycles. The monoisotopic (exact) mass is 353 g/mol. The Morgan fingerprint density at radius 2 is 1.77 bits per heavy atom. The van der Waals surface area contributed by atoms with Gasteiger partial charge in [-0.1, -0.05) is 48.5 Å².